The van der Waals surface area contributed by atoms with E-state index in [4.69, 9.17) is 9.47 Å². The molecule has 22 heavy (non-hydrogen) atoms. The number of hydrogen-bond donors (Lipinski definition) is 0. The van der Waals surface area contributed by atoms with Crippen LogP contribution < -0.4 is 0 Å². The summed E-state index contributed by atoms with van der Waals surface area (Å²) in [5, 5.41) is 0. The number of hydrogen-bond acceptors (Lipinski definition) is 2. The summed E-state index contributed by atoms with van der Waals surface area (Å²) in [6.45, 7) is 11.7. The zero-order valence-corrected chi connectivity index (χ0v) is 15.9. The molecule has 2 aliphatic rings. The molecule has 2 nitrogen and oxygen atoms in total. The average molecular weight is 367 g/mol. The molecule has 0 saturated carbocycles. The Labute approximate surface area is 142 Å². The fourth-order valence-electron chi connectivity index (χ4n) is 4.15. The zero-order chi connectivity index (χ0) is 16.1. The third kappa shape index (κ3) is 2.46. The first-order chi connectivity index (χ1) is 10.3. The maximum Gasteiger partial charge on any atom is 0.0936 e. The Morgan fingerprint density at radius 1 is 1.27 bits per heavy atom. The summed E-state index contributed by atoms with van der Waals surface area (Å²) in [6.07, 6.45) is 2.20. The van der Waals surface area contributed by atoms with Crippen molar-refractivity contribution in [2.75, 3.05) is 0 Å². The average Bonchev–Trinajstić information content (AvgIpc) is 2.86. The predicted octanol–water partition coefficient (Wildman–Crippen LogP) is 4.93. The molecular formula is C19H27BrO2. The number of halogens is 1. The van der Waals surface area contributed by atoms with Gasteiger partial charge in [0.25, 0.3) is 0 Å². The second-order valence-electron chi connectivity index (χ2n) is 7.57. The van der Waals surface area contributed by atoms with Gasteiger partial charge in [-0.2, -0.15) is 0 Å². The minimum atomic E-state index is -0.158. The first-order valence-corrected chi connectivity index (χ1v) is 9.21. The van der Waals surface area contributed by atoms with Crippen LogP contribution in [0, 0.1) is 19.8 Å². The highest BCUT2D eigenvalue weighted by atomic mass is 79.9. The minimum absolute atomic E-state index is 0.0693. The smallest absolute Gasteiger partial charge is 0.0936 e. The van der Waals surface area contributed by atoms with Crippen molar-refractivity contribution in [3.05, 3.63) is 34.9 Å². The van der Waals surface area contributed by atoms with Gasteiger partial charge in [0.15, 0.2) is 0 Å². The maximum atomic E-state index is 6.51. The van der Waals surface area contributed by atoms with Gasteiger partial charge in [-0.25, -0.2) is 0 Å². The molecule has 2 fully saturated rings. The van der Waals surface area contributed by atoms with Crippen molar-refractivity contribution in [2.45, 2.75) is 76.2 Å². The lowest BCUT2D eigenvalue weighted by molar-refractivity contribution is -0.0956. The van der Waals surface area contributed by atoms with Crippen LogP contribution in [0.1, 0.15) is 50.3 Å². The first-order valence-electron chi connectivity index (χ1n) is 8.29. The van der Waals surface area contributed by atoms with Gasteiger partial charge >= 0.3 is 0 Å². The molecule has 0 unspecified atom stereocenters. The summed E-state index contributed by atoms with van der Waals surface area (Å²) in [7, 11) is 0. The Kier molecular flexibility index (Phi) is 4.20. The van der Waals surface area contributed by atoms with Gasteiger partial charge in [0.05, 0.1) is 23.9 Å². The van der Waals surface area contributed by atoms with Crippen molar-refractivity contribution in [3.8, 4) is 0 Å². The lowest BCUT2D eigenvalue weighted by Crippen LogP contribution is -2.44. The van der Waals surface area contributed by atoms with Gasteiger partial charge in [-0.15, -0.1) is 0 Å². The molecule has 1 aromatic carbocycles. The van der Waals surface area contributed by atoms with Crippen LogP contribution >= 0.6 is 15.9 Å². The number of fused-ring (bicyclic) bond motifs is 2. The van der Waals surface area contributed by atoms with E-state index in [0.717, 1.165) is 12.8 Å². The summed E-state index contributed by atoms with van der Waals surface area (Å²) in [6, 6.07) is 6.43. The van der Waals surface area contributed by atoms with Crippen LogP contribution in [0.25, 0.3) is 0 Å². The van der Waals surface area contributed by atoms with Crippen molar-refractivity contribution in [2.24, 2.45) is 5.92 Å². The molecule has 0 aromatic heterocycles. The predicted molar refractivity (Wildman–Crippen MR) is 93.5 cm³/mol. The van der Waals surface area contributed by atoms with E-state index in [0.29, 0.717) is 17.4 Å². The number of rotatable bonds is 4. The fourth-order valence-corrected chi connectivity index (χ4v) is 5.60. The molecule has 0 spiro atoms. The first kappa shape index (κ1) is 16.5. The largest absolute Gasteiger partial charge is 0.370 e. The summed E-state index contributed by atoms with van der Waals surface area (Å²) in [5.74, 6) is 0.493. The summed E-state index contributed by atoms with van der Waals surface area (Å²) in [5.41, 5.74) is 3.72. The molecule has 0 radical (unpaired) electrons. The molecule has 2 saturated heterocycles. The molecule has 3 heteroatoms. The van der Waals surface area contributed by atoms with Crippen molar-refractivity contribution in [3.63, 3.8) is 0 Å². The molecular weight excluding hydrogens is 340 g/mol. The molecule has 0 N–H and O–H groups in total. The van der Waals surface area contributed by atoms with Gasteiger partial charge in [-0.05, 0) is 49.8 Å². The fraction of sp³-hybridized carbons (Fsp3) is 0.684. The molecule has 0 aliphatic carbocycles. The van der Waals surface area contributed by atoms with Crippen LogP contribution in [0.2, 0.25) is 0 Å². The molecule has 2 heterocycles. The van der Waals surface area contributed by atoms with E-state index in [-0.39, 0.29) is 17.3 Å². The topological polar surface area (TPSA) is 18.5 Å². The van der Waals surface area contributed by atoms with Crippen molar-refractivity contribution >= 4 is 15.9 Å². The second-order valence-corrected chi connectivity index (χ2v) is 8.68. The van der Waals surface area contributed by atoms with Crippen LogP contribution in [0.4, 0.5) is 0 Å². The molecule has 1 aromatic rings. The number of aryl methyl sites for hydroxylation is 2. The van der Waals surface area contributed by atoms with E-state index in [9.17, 15) is 0 Å². The number of benzene rings is 1. The minimum Gasteiger partial charge on any atom is -0.370 e. The number of alkyl halides is 1. The summed E-state index contributed by atoms with van der Waals surface area (Å²) in [4.78, 5) is 0.435. The van der Waals surface area contributed by atoms with E-state index < -0.39 is 0 Å². The van der Waals surface area contributed by atoms with E-state index in [1.54, 1.807) is 0 Å². The number of ether oxygens (including phenoxy) is 2. The molecule has 3 rings (SSSR count). The standard InChI is InChI=1S/C19H27BrO2/c1-12(2)19-10-17(18(5,22-19)9-16(19)20)21-11-15-13(3)7-6-8-14(15)4/h6-8,12,16-17H,9-11H2,1-5H3/t16-,17+,18-,19+/m0/s1. The molecule has 2 bridgehead atoms. The Hall–Kier alpha value is -0.380. The highest BCUT2D eigenvalue weighted by molar-refractivity contribution is 9.09. The van der Waals surface area contributed by atoms with Crippen LogP contribution in [-0.4, -0.2) is 22.1 Å². The van der Waals surface area contributed by atoms with Gasteiger partial charge in [0.1, 0.15) is 0 Å². The molecule has 2 aliphatic heterocycles. The van der Waals surface area contributed by atoms with E-state index in [2.05, 4.69) is 68.7 Å². The Morgan fingerprint density at radius 2 is 1.91 bits per heavy atom. The van der Waals surface area contributed by atoms with Crippen molar-refractivity contribution in [1.29, 1.82) is 0 Å². The van der Waals surface area contributed by atoms with Gasteiger partial charge in [0, 0.05) is 11.2 Å². The van der Waals surface area contributed by atoms with Crippen molar-refractivity contribution < 1.29 is 9.47 Å². The maximum absolute atomic E-state index is 6.51. The molecule has 4 atom stereocenters. The normalized spacial score (nSPS) is 37.2. The monoisotopic (exact) mass is 366 g/mol. The SMILES string of the molecule is Cc1cccc(C)c1CO[C@@H]1C[C@]2(C(C)C)O[C@@]1(C)C[C@@H]2Br. The van der Waals surface area contributed by atoms with Crippen LogP contribution in [-0.2, 0) is 16.1 Å². The third-order valence-corrected chi connectivity index (χ3v) is 6.87. The summed E-state index contributed by atoms with van der Waals surface area (Å²) >= 11 is 3.85. The van der Waals surface area contributed by atoms with Gasteiger partial charge in [-0.3, -0.25) is 0 Å². The quantitative estimate of drug-likeness (QED) is 0.703. The molecule has 122 valence electrons. The van der Waals surface area contributed by atoms with Gasteiger partial charge < -0.3 is 9.47 Å². The third-order valence-electron chi connectivity index (χ3n) is 5.77. The lowest BCUT2D eigenvalue weighted by Gasteiger charge is -2.35. The van der Waals surface area contributed by atoms with Crippen LogP contribution in [0.15, 0.2) is 18.2 Å². The van der Waals surface area contributed by atoms with Crippen LogP contribution in [0.3, 0.4) is 0 Å². The Bertz CT molecular complexity index is 550. The highest BCUT2D eigenvalue weighted by Crippen LogP contribution is 2.57. The lowest BCUT2D eigenvalue weighted by atomic mass is 9.75. The van der Waals surface area contributed by atoms with E-state index >= 15 is 0 Å². The highest BCUT2D eigenvalue weighted by Gasteiger charge is 2.65. The Morgan fingerprint density at radius 3 is 2.45 bits per heavy atom. The van der Waals surface area contributed by atoms with Crippen LogP contribution in [0.5, 0.6) is 0 Å². The molecule has 0 amide bonds. The second kappa shape index (κ2) is 5.61. The zero-order valence-electron chi connectivity index (χ0n) is 14.3. The summed E-state index contributed by atoms with van der Waals surface area (Å²) < 4.78 is 12.9. The van der Waals surface area contributed by atoms with Crippen molar-refractivity contribution in [1.82, 2.24) is 0 Å². The van der Waals surface area contributed by atoms with Gasteiger partial charge in [-0.1, -0.05) is 48.0 Å². The Balaban J connectivity index is 1.75. The van der Waals surface area contributed by atoms with E-state index in [1.807, 2.05) is 0 Å². The van der Waals surface area contributed by atoms with Gasteiger partial charge in [0.2, 0.25) is 0 Å². The van der Waals surface area contributed by atoms with E-state index in [1.165, 1.54) is 16.7 Å².